The predicted molar refractivity (Wildman–Crippen MR) is 85.4 cm³/mol. The summed E-state index contributed by atoms with van der Waals surface area (Å²) in [6, 6.07) is 4.92. The molecule has 1 aliphatic heterocycles. The first-order chi connectivity index (χ1) is 11.2. The van der Waals surface area contributed by atoms with E-state index in [1.54, 1.807) is 19.9 Å². The van der Waals surface area contributed by atoms with Crippen LogP contribution in [0.3, 0.4) is 0 Å². The van der Waals surface area contributed by atoms with Crippen LogP contribution in [0.1, 0.15) is 26.3 Å². The zero-order valence-corrected chi connectivity index (χ0v) is 13.5. The predicted octanol–water partition coefficient (Wildman–Crippen LogP) is 1.47. The largest absolute Gasteiger partial charge is 0.320 e. The van der Waals surface area contributed by atoms with E-state index in [-0.39, 0.29) is 22.9 Å². The molecule has 0 unspecified atom stereocenters. The van der Waals surface area contributed by atoms with Gasteiger partial charge in [0.25, 0.3) is 11.6 Å². The Balaban J connectivity index is 2.50. The summed E-state index contributed by atoms with van der Waals surface area (Å²) in [7, 11) is 0. The number of nitrogens with zero attached hydrogens (tertiary/aromatic N) is 2. The molecule has 8 nitrogen and oxygen atoms in total. The minimum absolute atomic E-state index is 0.164. The van der Waals surface area contributed by atoms with Crippen molar-refractivity contribution in [3.8, 4) is 0 Å². The Labute approximate surface area is 138 Å². The average molecular weight is 331 g/mol. The molecule has 0 aromatic heterocycles. The molecule has 1 aromatic rings. The Kier molecular flexibility index (Phi) is 4.77. The van der Waals surface area contributed by atoms with Gasteiger partial charge >= 0.3 is 0 Å². The average Bonchev–Trinajstić information content (AvgIpc) is 2.49. The van der Waals surface area contributed by atoms with Gasteiger partial charge in [-0.05, 0) is 18.1 Å². The number of amides is 3. The summed E-state index contributed by atoms with van der Waals surface area (Å²) in [5.74, 6) is -1.99. The molecule has 8 heteroatoms. The lowest BCUT2D eigenvalue weighted by atomic mass is 9.98. The number of nitrogens with one attached hydrogen (secondary N) is 1. The second-order valence-corrected chi connectivity index (χ2v) is 5.75. The van der Waals surface area contributed by atoms with Crippen molar-refractivity contribution >= 4 is 29.5 Å². The van der Waals surface area contributed by atoms with E-state index in [1.165, 1.54) is 31.2 Å². The number of imide groups is 1. The van der Waals surface area contributed by atoms with Crippen LogP contribution in [0.5, 0.6) is 0 Å². The molecule has 2 rings (SSSR count). The van der Waals surface area contributed by atoms with Gasteiger partial charge in [-0.3, -0.25) is 29.4 Å². The summed E-state index contributed by atoms with van der Waals surface area (Å²) in [6.07, 6.45) is 1.21. The summed E-state index contributed by atoms with van der Waals surface area (Å²) in [5, 5.41) is 13.5. The normalized spacial score (nSPS) is 19.6. The zero-order valence-electron chi connectivity index (χ0n) is 13.5. The molecule has 0 bridgehead atoms. The highest BCUT2D eigenvalue weighted by Crippen LogP contribution is 2.24. The molecule has 0 spiro atoms. The summed E-state index contributed by atoms with van der Waals surface area (Å²) < 4.78 is 0. The van der Waals surface area contributed by atoms with E-state index in [1.807, 2.05) is 0 Å². The number of carbonyl (C=O) groups is 3. The second-order valence-electron chi connectivity index (χ2n) is 5.75. The molecule has 3 amide bonds. The van der Waals surface area contributed by atoms with Crippen LogP contribution in [0.25, 0.3) is 6.08 Å². The van der Waals surface area contributed by atoms with E-state index < -0.39 is 28.7 Å². The van der Waals surface area contributed by atoms with Crippen molar-refractivity contribution in [2.45, 2.75) is 26.8 Å². The Morgan fingerprint density at radius 3 is 2.50 bits per heavy atom. The second kappa shape index (κ2) is 6.61. The van der Waals surface area contributed by atoms with E-state index >= 15 is 0 Å². The van der Waals surface area contributed by atoms with Gasteiger partial charge < -0.3 is 5.32 Å². The lowest BCUT2D eigenvalue weighted by molar-refractivity contribution is -0.385. The van der Waals surface area contributed by atoms with Gasteiger partial charge in [0.05, 0.1) is 10.5 Å². The Morgan fingerprint density at radius 2 is 1.96 bits per heavy atom. The first-order valence-corrected chi connectivity index (χ1v) is 7.34. The molecule has 1 heterocycles. The molecule has 1 saturated heterocycles. The van der Waals surface area contributed by atoms with Crippen LogP contribution in [0.2, 0.25) is 0 Å². The SMILES string of the molecule is CC(=O)N1C(=O)/C(=C\c2ccccc2[N+](=O)[O-])NC(=O)[C@@H]1C(C)C. The van der Waals surface area contributed by atoms with E-state index in [4.69, 9.17) is 0 Å². The van der Waals surface area contributed by atoms with Crippen LogP contribution in [-0.4, -0.2) is 33.6 Å². The maximum Gasteiger partial charge on any atom is 0.277 e. The molecule has 1 aliphatic rings. The van der Waals surface area contributed by atoms with Gasteiger partial charge in [0.1, 0.15) is 11.7 Å². The van der Waals surface area contributed by atoms with Gasteiger partial charge in [-0.2, -0.15) is 0 Å². The number of para-hydroxylation sites is 1. The highest BCUT2D eigenvalue weighted by molar-refractivity contribution is 6.14. The first-order valence-electron chi connectivity index (χ1n) is 7.34. The molecule has 0 aliphatic carbocycles. The van der Waals surface area contributed by atoms with Gasteiger partial charge in [-0.15, -0.1) is 0 Å². The minimum atomic E-state index is -0.905. The summed E-state index contributed by atoms with van der Waals surface area (Å²) in [6.45, 7) is 4.66. The third-order valence-corrected chi connectivity index (χ3v) is 3.66. The minimum Gasteiger partial charge on any atom is -0.320 e. The number of rotatable bonds is 3. The molecule has 0 radical (unpaired) electrons. The van der Waals surface area contributed by atoms with Crippen LogP contribution in [0.15, 0.2) is 30.0 Å². The fraction of sp³-hybridized carbons (Fsp3) is 0.312. The Hall–Kier alpha value is -3.03. The maximum atomic E-state index is 12.6. The van der Waals surface area contributed by atoms with Crippen molar-refractivity contribution in [3.63, 3.8) is 0 Å². The van der Waals surface area contributed by atoms with Gasteiger partial charge in [-0.25, -0.2) is 0 Å². The number of carbonyl (C=O) groups excluding carboxylic acids is 3. The molecule has 1 aromatic carbocycles. The lowest BCUT2D eigenvalue weighted by Gasteiger charge is -2.35. The van der Waals surface area contributed by atoms with E-state index in [0.717, 1.165) is 4.90 Å². The monoisotopic (exact) mass is 331 g/mol. The maximum absolute atomic E-state index is 12.6. The lowest BCUT2D eigenvalue weighted by Crippen LogP contribution is -2.60. The van der Waals surface area contributed by atoms with Crippen molar-refractivity contribution in [1.82, 2.24) is 10.2 Å². The van der Waals surface area contributed by atoms with Gasteiger partial charge in [0.15, 0.2) is 0 Å². The molecule has 24 heavy (non-hydrogen) atoms. The first kappa shape index (κ1) is 17.3. The third kappa shape index (κ3) is 3.17. The van der Waals surface area contributed by atoms with Crippen LogP contribution in [0, 0.1) is 16.0 Å². The molecule has 1 N–H and O–H groups in total. The highest BCUT2D eigenvalue weighted by atomic mass is 16.6. The van der Waals surface area contributed by atoms with Crippen molar-refractivity contribution in [2.24, 2.45) is 5.92 Å². The number of hydrogen-bond acceptors (Lipinski definition) is 5. The van der Waals surface area contributed by atoms with Crippen LogP contribution in [0.4, 0.5) is 5.69 Å². The molecular formula is C16H17N3O5. The smallest absolute Gasteiger partial charge is 0.277 e. The molecular weight excluding hydrogens is 314 g/mol. The van der Waals surface area contributed by atoms with E-state index in [2.05, 4.69) is 5.32 Å². The number of nitro groups is 1. The van der Waals surface area contributed by atoms with E-state index in [9.17, 15) is 24.5 Å². The number of hydrogen-bond donors (Lipinski definition) is 1. The zero-order chi connectivity index (χ0) is 18.0. The van der Waals surface area contributed by atoms with Crippen molar-refractivity contribution < 1.29 is 19.3 Å². The fourth-order valence-corrected chi connectivity index (χ4v) is 2.60. The molecule has 1 fully saturated rings. The summed E-state index contributed by atoms with van der Waals surface area (Å²) >= 11 is 0. The fourth-order valence-electron chi connectivity index (χ4n) is 2.60. The van der Waals surface area contributed by atoms with E-state index in [0.29, 0.717) is 0 Å². The summed E-state index contributed by atoms with van der Waals surface area (Å²) in [4.78, 5) is 48.1. The van der Waals surface area contributed by atoms with Crippen LogP contribution in [-0.2, 0) is 14.4 Å². The number of benzene rings is 1. The quantitative estimate of drug-likeness (QED) is 0.512. The van der Waals surface area contributed by atoms with Crippen molar-refractivity contribution in [3.05, 3.63) is 45.6 Å². The standard InChI is InChI=1S/C16H17N3O5/c1-9(2)14-15(21)17-12(16(22)18(14)10(3)20)8-11-6-4-5-7-13(11)19(23)24/h4-9,14H,1-3H3,(H,17,21)/b12-8+/t14-/m0/s1. The topological polar surface area (TPSA) is 110 Å². The molecule has 126 valence electrons. The van der Waals surface area contributed by atoms with Gasteiger partial charge in [0, 0.05) is 13.0 Å². The van der Waals surface area contributed by atoms with Crippen molar-refractivity contribution in [2.75, 3.05) is 0 Å². The molecule has 0 saturated carbocycles. The third-order valence-electron chi connectivity index (χ3n) is 3.66. The van der Waals surface area contributed by atoms with Crippen molar-refractivity contribution in [1.29, 1.82) is 0 Å². The van der Waals surface area contributed by atoms with Crippen LogP contribution >= 0.6 is 0 Å². The van der Waals surface area contributed by atoms with Gasteiger partial charge in [0.2, 0.25) is 11.8 Å². The highest BCUT2D eigenvalue weighted by Gasteiger charge is 2.41. The number of nitro benzene ring substituents is 1. The molecule has 1 atom stereocenters. The Morgan fingerprint density at radius 1 is 1.33 bits per heavy atom. The van der Waals surface area contributed by atoms with Gasteiger partial charge in [-0.1, -0.05) is 26.0 Å². The van der Waals surface area contributed by atoms with Crippen LogP contribution < -0.4 is 5.32 Å². The number of piperazine rings is 1. The summed E-state index contributed by atoms with van der Waals surface area (Å²) in [5.41, 5.74) is -0.202. The Bertz CT molecular complexity index is 754.